The molecular formula is C22H23N3O3S. The molecule has 29 heavy (non-hydrogen) atoms. The van der Waals surface area contributed by atoms with E-state index in [1.165, 1.54) is 11.8 Å². The molecule has 0 saturated heterocycles. The third-order valence-electron chi connectivity index (χ3n) is 4.60. The summed E-state index contributed by atoms with van der Waals surface area (Å²) in [6, 6.07) is 15.7. The summed E-state index contributed by atoms with van der Waals surface area (Å²) >= 11 is 1.52. The van der Waals surface area contributed by atoms with Gasteiger partial charge < -0.3 is 19.5 Å². The highest BCUT2D eigenvalue weighted by atomic mass is 32.2. The summed E-state index contributed by atoms with van der Waals surface area (Å²) in [5, 5.41) is 12.3. The van der Waals surface area contributed by atoms with E-state index in [1.54, 1.807) is 7.11 Å². The van der Waals surface area contributed by atoms with Crippen LogP contribution in [-0.2, 0) is 6.54 Å². The fourth-order valence-electron chi connectivity index (χ4n) is 3.24. The number of ether oxygens (including phenoxy) is 2. The normalized spacial score (nSPS) is 14.9. The summed E-state index contributed by atoms with van der Waals surface area (Å²) in [6.45, 7) is 3.82. The maximum absolute atomic E-state index is 9.54. The number of β-amino-alcohol motifs (C(OH)–C–C–N with tert-alkyl or cyclic N) is 1. The number of aliphatic hydroxyl groups is 1. The average Bonchev–Trinajstić information content (AvgIpc) is 2.73. The topological polar surface area (TPSA) is 67.2 Å². The zero-order valence-corrected chi connectivity index (χ0v) is 17.3. The fraction of sp³-hybridized carbons (Fsp3) is 0.273. The van der Waals surface area contributed by atoms with Crippen LogP contribution in [0.15, 0.2) is 58.5 Å². The van der Waals surface area contributed by atoms with E-state index in [1.807, 2.05) is 49.4 Å². The molecule has 6 nitrogen and oxygen atoms in total. The second kappa shape index (κ2) is 8.71. The number of aromatic nitrogens is 1. The lowest BCUT2D eigenvalue weighted by Gasteiger charge is -2.30. The molecule has 1 N–H and O–H groups in total. The molecule has 0 atom stereocenters. The van der Waals surface area contributed by atoms with Gasteiger partial charge in [-0.05, 0) is 55.1 Å². The van der Waals surface area contributed by atoms with E-state index in [0.717, 1.165) is 43.8 Å². The first-order chi connectivity index (χ1) is 14.2. The number of hydrogen-bond donors (Lipinski definition) is 1. The zero-order valence-electron chi connectivity index (χ0n) is 16.5. The van der Waals surface area contributed by atoms with Crippen molar-refractivity contribution in [3.05, 3.63) is 54.1 Å². The highest BCUT2D eigenvalue weighted by molar-refractivity contribution is 8.13. The van der Waals surface area contributed by atoms with Gasteiger partial charge in [0.05, 0.1) is 31.5 Å². The summed E-state index contributed by atoms with van der Waals surface area (Å²) < 4.78 is 10.9. The molecule has 0 saturated carbocycles. The van der Waals surface area contributed by atoms with Crippen LogP contribution in [0.5, 0.6) is 11.5 Å². The number of rotatable bonds is 6. The molecule has 1 aliphatic heterocycles. The van der Waals surface area contributed by atoms with Crippen LogP contribution in [0.1, 0.15) is 12.5 Å². The lowest BCUT2D eigenvalue weighted by atomic mass is 10.1. The molecule has 0 aliphatic carbocycles. The quantitative estimate of drug-likeness (QED) is 0.657. The molecule has 150 valence electrons. The number of aliphatic imine (C=N–C) groups is 1. The van der Waals surface area contributed by atoms with Crippen LogP contribution in [0.3, 0.4) is 0 Å². The lowest BCUT2D eigenvalue weighted by molar-refractivity contribution is 0.247. The maximum Gasteiger partial charge on any atom is 0.171 e. The molecule has 0 unspecified atom stereocenters. The monoisotopic (exact) mass is 409 g/mol. The molecule has 0 bridgehead atoms. The second-order valence-corrected chi connectivity index (χ2v) is 7.54. The minimum atomic E-state index is 0.0581. The van der Waals surface area contributed by atoms with Gasteiger partial charge in [-0.2, -0.15) is 0 Å². The Morgan fingerprint density at radius 2 is 2.07 bits per heavy atom. The van der Waals surface area contributed by atoms with Crippen LogP contribution in [0.25, 0.3) is 10.9 Å². The smallest absolute Gasteiger partial charge is 0.171 e. The molecule has 7 heteroatoms. The Morgan fingerprint density at radius 3 is 2.86 bits per heavy atom. The first kappa shape index (κ1) is 19.5. The van der Waals surface area contributed by atoms with Gasteiger partial charge in [-0.25, -0.2) is 9.98 Å². The van der Waals surface area contributed by atoms with Gasteiger partial charge in [-0.15, -0.1) is 0 Å². The number of aliphatic hydroxyl groups excluding tert-OH is 1. The number of amidine groups is 1. The van der Waals surface area contributed by atoms with Crippen molar-refractivity contribution in [2.24, 2.45) is 4.99 Å². The summed E-state index contributed by atoms with van der Waals surface area (Å²) in [5.41, 5.74) is 2.85. The molecule has 1 aromatic heterocycles. The third-order valence-corrected chi connectivity index (χ3v) is 5.68. The Morgan fingerprint density at radius 1 is 1.17 bits per heavy atom. The number of hydrogen-bond acceptors (Lipinski definition) is 6. The molecule has 1 aliphatic rings. The zero-order chi connectivity index (χ0) is 20.2. The van der Waals surface area contributed by atoms with Crippen molar-refractivity contribution in [1.29, 1.82) is 0 Å². The van der Waals surface area contributed by atoms with Gasteiger partial charge in [0, 0.05) is 30.1 Å². The van der Waals surface area contributed by atoms with Crippen molar-refractivity contribution in [2.45, 2.75) is 18.5 Å². The number of thioether (sulfide) groups is 1. The number of methoxy groups -OCH3 is 1. The van der Waals surface area contributed by atoms with Crippen molar-refractivity contribution in [3.63, 3.8) is 0 Å². The molecular weight excluding hydrogens is 386 g/mol. The molecule has 2 aromatic carbocycles. The summed E-state index contributed by atoms with van der Waals surface area (Å²) in [4.78, 5) is 11.7. The standard InChI is InChI=1S/C22H23N3O3S/c1-3-28-19-7-8-20-15(12-19)11-16-14-25(9-10-26)22(29-21(16)24-20)23-17-5-4-6-18(13-17)27-2/h4-8,11-13,26H,3,9-10,14H2,1-2H3. The minimum absolute atomic E-state index is 0.0581. The summed E-state index contributed by atoms with van der Waals surface area (Å²) in [7, 11) is 1.64. The van der Waals surface area contributed by atoms with E-state index in [2.05, 4.69) is 11.0 Å². The second-order valence-electron chi connectivity index (χ2n) is 6.58. The van der Waals surface area contributed by atoms with Gasteiger partial charge in [0.2, 0.25) is 0 Å². The van der Waals surface area contributed by atoms with Crippen LogP contribution in [-0.4, -0.2) is 47.0 Å². The van der Waals surface area contributed by atoms with Crippen molar-refractivity contribution >= 4 is 33.5 Å². The average molecular weight is 410 g/mol. The van der Waals surface area contributed by atoms with Gasteiger partial charge >= 0.3 is 0 Å². The number of pyridine rings is 1. The van der Waals surface area contributed by atoms with Crippen molar-refractivity contribution in [1.82, 2.24) is 9.88 Å². The number of nitrogens with zero attached hydrogens (tertiary/aromatic N) is 3. The molecule has 3 aromatic rings. The third kappa shape index (κ3) is 4.31. The van der Waals surface area contributed by atoms with Crippen LogP contribution in [0.4, 0.5) is 5.69 Å². The Hall–Kier alpha value is -2.77. The largest absolute Gasteiger partial charge is 0.497 e. The van der Waals surface area contributed by atoms with E-state index in [-0.39, 0.29) is 6.61 Å². The van der Waals surface area contributed by atoms with Gasteiger partial charge in [0.15, 0.2) is 5.17 Å². The van der Waals surface area contributed by atoms with Gasteiger partial charge in [0.25, 0.3) is 0 Å². The predicted octanol–water partition coefficient (Wildman–Crippen LogP) is 4.23. The van der Waals surface area contributed by atoms with E-state index in [4.69, 9.17) is 19.5 Å². The van der Waals surface area contributed by atoms with E-state index in [9.17, 15) is 5.11 Å². The van der Waals surface area contributed by atoms with E-state index >= 15 is 0 Å². The van der Waals surface area contributed by atoms with E-state index < -0.39 is 0 Å². The van der Waals surface area contributed by atoms with Crippen LogP contribution < -0.4 is 9.47 Å². The molecule has 0 spiro atoms. The van der Waals surface area contributed by atoms with Crippen molar-refractivity contribution in [2.75, 3.05) is 26.9 Å². The molecule has 0 fully saturated rings. The molecule has 0 amide bonds. The van der Waals surface area contributed by atoms with Crippen molar-refractivity contribution in [3.8, 4) is 11.5 Å². The Kier molecular flexibility index (Phi) is 5.87. The molecule has 0 radical (unpaired) electrons. The van der Waals surface area contributed by atoms with Crippen LogP contribution in [0, 0.1) is 0 Å². The van der Waals surface area contributed by atoms with Crippen LogP contribution in [0.2, 0.25) is 0 Å². The highest BCUT2D eigenvalue weighted by Gasteiger charge is 2.24. The molecule has 4 rings (SSSR count). The maximum atomic E-state index is 9.54. The summed E-state index contributed by atoms with van der Waals surface area (Å²) in [6.07, 6.45) is 0. The number of benzene rings is 2. The Labute approximate surface area is 174 Å². The first-order valence-corrected chi connectivity index (χ1v) is 10.3. The van der Waals surface area contributed by atoms with Gasteiger partial charge in [-0.3, -0.25) is 0 Å². The Balaban J connectivity index is 1.71. The van der Waals surface area contributed by atoms with Gasteiger partial charge in [-0.1, -0.05) is 6.07 Å². The lowest BCUT2D eigenvalue weighted by Crippen LogP contribution is -2.34. The van der Waals surface area contributed by atoms with E-state index in [0.29, 0.717) is 19.7 Å². The highest BCUT2D eigenvalue weighted by Crippen LogP contribution is 2.35. The van der Waals surface area contributed by atoms with Crippen LogP contribution >= 0.6 is 11.8 Å². The predicted molar refractivity (Wildman–Crippen MR) is 116 cm³/mol. The first-order valence-electron chi connectivity index (χ1n) is 9.53. The van der Waals surface area contributed by atoms with Crippen molar-refractivity contribution < 1.29 is 14.6 Å². The minimum Gasteiger partial charge on any atom is -0.497 e. The Bertz CT molecular complexity index is 1050. The fourth-order valence-corrected chi connectivity index (χ4v) is 4.25. The number of fused-ring (bicyclic) bond motifs is 2. The SMILES string of the molecule is CCOc1ccc2nc3c(cc2c1)CN(CCO)C(=Nc1cccc(OC)c1)S3. The molecule has 2 heterocycles. The summed E-state index contributed by atoms with van der Waals surface area (Å²) in [5.74, 6) is 1.61. The van der Waals surface area contributed by atoms with Gasteiger partial charge in [0.1, 0.15) is 16.5 Å².